The van der Waals surface area contributed by atoms with Gasteiger partial charge in [0.05, 0.1) is 0 Å². The van der Waals surface area contributed by atoms with Crippen LogP contribution in [0.2, 0.25) is 0 Å². The summed E-state index contributed by atoms with van der Waals surface area (Å²) in [5.41, 5.74) is 0.370. The van der Waals surface area contributed by atoms with Gasteiger partial charge in [0.1, 0.15) is 5.82 Å². The van der Waals surface area contributed by atoms with Crippen LogP contribution >= 0.6 is 27.3 Å². The molecular formula is C14H12BrFN4O2S. The second-order valence-corrected chi connectivity index (χ2v) is 6.80. The van der Waals surface area contributed by atoms with Crippen LogP contribution in [0.1, 0.15) is 12.8 Å². The first-order valence-electron chi connectivity index (χ1n) is 6.90. The molecule has 0 radical (unpaired) electrons. The molecule has 23 heavy (non-hydrogen) atoms. The lowest BCUT2D eigenvalue weighted by molar-refractivity contribution is -0.138. The number of nitrogens with one attached hydrogen (secondary N) is 1. The number of nitrogens with zero attached hydrogens (tertiary/aromatic N) is 3. The van der Waals surface area contributed by atoms with Crippen molar-refractivity contribution in [3.05, 3.63) is 28.5 Å². The molecule has 2 aromatic rings. The van der Waals surface area contributed by atoms with Crippen LogP contribution in [0.15, 0.2) is 22.7 Å². The van der Waals surface area contributed by atoms with Crippen molar-refractivity contribution >= 4 is 44.2 Å². The molecule has 2 heterocycles. The molecule has 1 N–H and O–H groups in total. The summed E-state index contributed by atoms with van der Waals surface area (Å²) in [6, 6.07) is 4.61. The molecule has 0 spiro atoms. The summed E-state index contributed by atoms with van der Waals surface area (Å²) in [4.78, 5) is 24.2. The van der Waals surface area contributed by atoms with E-state index >= 15 is 0 Å². The van der Waals surface area contributed by atoms with E-state index in [0.717, 1.165) is 4.47 Å². The molecule has 1 saturated heterocycles. The van der Waals surface area contributed by atoms with Gasteiger partial charge in [-0.15, -0.1) is 10.2 Å². The highest BCUT2D eigenvalue weighted by molar-refractivity contribution is 9.10. The Morgan fingerprint density at radius 3 is 2.74 bits per heavy atom. The Kier molecular flexibility index (Phi) is 4.67. The van der Waals surface area contributed by atoms with Crippen molar-refractivity contribution in [2.45, 2.75) is 12.8 Å². The zero-order valence-electron chi connectivity index (χ0n) is 11.9. The van der Waals surface area contributed by atoms with Gasteiger partial charge in [0, 0.05) is 36.0 Å². The Morgan fingerprint density at radius 2 is 2.00 bits per heavy atom. The first-order valence-corrected chi connectivity index (χ1v) is 8.51. The maximum atomic E-state index is 13.8. The first-order chi connectivity index (χ1) is 11.0. The van der Waals surface area contributed by atoms with Gasteiger partial charge in [-0.2, -0.15) is 0 Å². The predicted molar refractivity (Wildman–Crippen MR) is 87.4 cm³/mol. The van der Waals surface area contributed by atoms with Crippen molar-refractivity contribution in [3.8, 4) is 10.6 Å². The number of benzene rings is 1. The highest BCUT2D eigenvalue weighted by Gasteiger charge is 2.28. The summed E-state index contributed by atoms with van der Waals surface area (Å²) >= 11 is 4.51. The van der Waals surface area contributed by atoms with Gasteiger partial charge in [-0.1, -0.05) is 27.3 Å². The molecule has 0 unspecified atom stereocenters. The number of likely N-dealkylation sites (tertiary alicyclic amines) is 1. The zero-order valence-corrected chi connectivity index (χ0v) is 14.3. The number of hydrogen-bond acceptors (Lipinski definition) is 6. The number of imide groups is 1. The molecule has 6 nitrogen and oxygen atoms in total. The number of anilines is 1. The Balaban J connectivity index is 1.62. The Morgan fingerprint density at radius 1 is 1.26 bits per heavy atom. The fraction of sp³-hybridized carbons (Fsp3) is 0.286. The molecule has 0 saturated carbocycles. The van der Waals surface area contributed by atoms with Crippen LogP contribution in [0.4, 0.5) is 9.52 Å². The van der Waals surface area contributed by atoms with E-state index in [4.69, 9.17) is 0 Å². The van der Waals surface area contributed by atoms with Crippen molar-refractivity contribution < 1.29 is 14.0 Å². The van der Waals surface area contributed by atoms with E-state index in [2.05, 4.69) is 31.4 Å². The van der Waals surface area contributed by atoms with E-state index in [1.54, 1.807) is 12.1 Å². The summed E-state index contributed by atoms with van der Waals surface area (Å²) in [5, 5.41) is 11.9. The summed E-state index contributed by atoms with van der Waals surface area (Å²) in [6.45, 7) is 0.672. The van der Waals surface area contributed by atoms with Crippen LogP contribution < -0.4 is 5.32 Å². The van der Waals surface area contributed by atoms with Crippen LogP contribution in [-0.2, 0) is 9.59 Å². The van der Waals surface area contributed by atoms with Gasteiger partial charge in [-0.3, -0.25) is 14.5 Å². The number of rotatable bonds is 5. The molecular weight excluding hydrogens is 387 g/mol. The standard InChI is InChI=1S/C14H12BrFN4O2S/c15-8-1-2-10(16)9(7-8)13-18-19-14(23-13)17-5-6-20-11(21)3-4-12(20)22/h1-2,7H,3-6H2,(H,17,19). The number of aromatic nitrogens is 2. The first kappa shape index (κ1) is 16.0. The summed E-state index contributed by atoms with van der Waals surface area (Å²) in [5.74, 6) is -0.666. The minimum Gasteiger partial charge on any atom is -0.358 e. The number of carbonyl (C=O) groups is 2. The largest absolute Gasteiger partial charge is 0.358 e. The maximum absolute atomic E-state index is 13.8. The molecule has 0 atom stereocenters. The molecule has 1 aromatic heterocycles. The van der Waals surface area contributed by atoms with Crippen LogP contribution in [0, 0.1) is 5.82 Å². The van der Waals surface area contributed by atoms with Crippen molar-refractivity contribution in [3.63, 3.8) is 0 Å². The normalized spacial score (nSPS) is 14.6. The highest BCUT2D eigenvalue weighted by atomic mass is 79.9. The lowest BCUT2D eigenvalue weighted by Crippen LogP contribution is -2.33. The lowest BCUT2D eigenvalue weighted by Gasteiger charge is -2.13. The van der Waals surface area contributed by atoms with E-state index in [1.165, 1.54) is 22.3 Å². The fourth-order valence-corrected chi connectivity index (χ4v) is 3.36. The fourth-order valence-electron chi connectivity index (χ4n) is 2.21. The average Bonchev–Trinajstić information content (AvgIpc) is 3.11. The van der Waals surface area contributed by atoms with Gasteiger partial charge >= 0.3 is 0 Å². The van der Waals surface area contributed by atoms with Crippen LogP contribution in [0.25, 0.3) is 10.6 Å². The van der Waals surface area contributed by atoms with E-state index in [0.29, 0.717) is 22.2 Å². The van der Waals surface area contributed by atoms with E-state index < -0.39 is 0 Å². The van der Waals surface area contributed by atoms with Gasteiger partial charge in [0.2, 0.25) is 16.9 Å². The third-order valence-electron chi connectivity index (χ3n) is 3.35. The number of carbonyl (C=O) groups excluding carboxylic acids is 2. The number of amides is 2. The third-order valence-corrected chi connectivity index (χ3v) is 4.76. The van der Waals surface area contributed by atoms with Crippen LogP contribution in [-0.4, -0.2) is 40.0 Å². The van der Waals surface area contributed by atoms with Gasteiger partial charge in [-0.25, -0.2) is 4.39 Å². The average molecular weight is 399 g/mol. The topological polar surface area (TPSA) is 75.2 Å². The van der Waals surface area contributed by atoms with Gasteiger partial charge in [0.15, 0.2) is 5.01 Å². The zero-order chi connectivity index (χ0) is 16.4. The van der Waals surface area contributed by atoms with Crippen molar-refractivity contribution in [2.24, 2.45) is 0 Å². The van der Waals surface area contributed by atoms with Crippen molar-refractivity contribution in [1.82, 2.24) is 15.1 Å². The maximum Gasteiger partial charge on any atom is 0.229 e. The number of hydrogen-bond donors (Lipinski definition) is 1. The molecule has 0 bridgehead atoms. The lowest BCUT2D eigenvalue weighted by atomic mass is 10.2. The second kappa shape index (κ2) is 6.71. The molecule has 120 valence electrons. The van der Waals surface area contributed by atoms with Crippen LogP contribution in [0.5, 0.6) is 0 Å². The minimum absolute atomic E-state index is 0.147. The Labute approximate surface area is 143 Å². The summed E-state index contributed by atoms with van der Waals surface area (Å²) < 4.78 is 14.6. The van der Waals surface area contributed by atoms with Crippen molar-refractivity contribution in [2.75, 3.05) is 18.4 Å². The van der Waals surface area contributed by atoms with Crippen molar-refractivity contribution in [1.29, 1.82) is 0 Å². The number of halogens is 2. The molecule has 9 heteroatoms. The molecule has 1 aromatic carbocycles. The van der Waals surface area contributed by atoms with E-state index in [1.807, 2.05) is 0 Å². The smallest absolute Gasteiger partial charge is 0.229 e. The van der Waals surface area contributed by atoms with Gasteiger partial charge in [0.25, 0.3) is 0 Å². The molecule has 1 aliphatic rings. The molecule has 0 aliphatic carbocycles. The van der Waals surface area contributed by atoms with Gasteiger partial charge in [-0.05, 0) is 18.2 Å². The molecule has 1 fully saturated rings. The van der Waals surface area contributed by atoms with Gasteiger partial charge < -0.3 is 5.32 Å². The summed E-state index contributed by atoms with van der Waals surface area (Å²) in [6.07, 6.45) is 0.563. The molecule has 1 aliphatic heterocycles. The van der Waals surface area contributed by atoms with Crippen LogP contribution in [0.3, 0.4) is 0 Å². The SMILES string of the molecule is O=C1CCC(=O)N1CCNc1nnc(-c2cc(Br)ccc2F)s1. The molecule has 3 rings (SSSR count). The highest BCUT2D eigenvalue weighted by Crippen LogP contribution is 2.30. The van der Waals surface area contributed by atoms with E-state index in [9.17, 15) is 14.0 Å². The summed E-state index contributed by atoms with van der Waals surface area (Å²) in [7, 11) is 0. The molecule has 2 amide bonds. The minimum atomic E-state index is -0.371. The Bertz CT molecular complexity index is 751. The predicted octanol–water partition coefficient (Wildman–Crippen LogP) is 2.67. The Hall–Kier alpha value is -1.87. The van der Waals surface area contributed by atoms with E-state index in [-0.39, 0.29) is 37.0 Å². The monoisotopic (exact) mass is 398 g/mol. The second-order valence-electron chi connectivity index (χ2n) is 4.90. The third kappa shape index (κ3) is 3.56. The quantitative estimate of drug-likeness (QED) is 0.783.